The van der Waals surface area contributed by atoms with E-state index in [1.807, 2.05) is 29.3 Å². The van der Waals surface area contributed by atoms with E-state index in [1.54, 1.807) is 0 Å². The second-order valence-corrected chi connectivity index (χ2v) is 6.87. The van der Waals surface area contributed by atoms with Crippen LogP contribution in [0.5, 0.6) is 0 Å². The van der Waals surface area contributed by atoms with Gasteiger partial charge in [-0.1, -0.05) is 6.07 Å². The number of piperazine rings is 1. The van der Waals surface area contributed by atoms with Gasteiger partial charge < -0.3 is 14.5 Å². The minimum absolute atomic E-state index is 0.0283. The lowest BCUT2D eigenvalue weighted by Crippen LogP contribution is -2.51. The topological polar surface area (TPSA) is 48.9 Å². The van der Waals surface area contributed by atoms with Gasteiger partial charge in [0.2, 0.25) is 0 Å². The molecule has 1 aromatic rings. The molecular formula is C18H28N4O2. The van der Waals surface area contributed by atoms with Gasteiger partial charge in [0.1, 0.15) is 11.9 Å². The van der Waals surface area contributed by atoms with Crippen molar-refractivity contribution in [2.45, 2.75) is 38.8 Å². The summed E-state index contributed by atoms with van der Waals surface area (Å²) in [7, 11) is 0. The molecule has 6 nitrogen and oxygen atoms in total. The number of rotatable bonds is 3. The molecule has 2 aliphatic heterocycles. The highest BCUT2D eigenvalue weighted by atomic mass is 16.6. The van der Waals surface area contributed by atoms with Crippen LogP contribution in [-0.4, -0.2) is 72.3 Å². The fourth-order valence-corrected chi connectivity index (χ4v) is 3.38. The average Bonchev–Trinajstić information content (AvgIpc) is 2.63. The lowest BCUT2D eigenvalue weighted by atomic mass is 10.1. The third-order valence-electron chi connectivity index (χ3n) is 4.99. The fourth-order valence-electron chi connectivity index (χ4n) is 3.38. The number of pyridine rings is 1. The Morgan fingerprint density at radius 2 is 1.83 bits per heavy atom. The van der Waals surface area contributed by atoms with Gasteiger partial charge in [-0.3, -0.25) is 4.90 Å². The van der Waals surface area contributed by atoms with E-state index in [0.717, 1.165) is 57.9 Å². The molecule has 2 fully saturated rings. The highest BCUT2D eigenvalue weighted by molar-refractivity contribution is 5.68. The van der Waals surface area contributed by atoms with Gasteiger partial charge in [-0.15, -0.1) is 0 Å². The molecule has 0 N–H and O–H groups in total. The number of anilines is 1. The molecule has 0 radical (unpaired) electrons. The van der Waals surface area contributed by atoms with E-state index in [-0.39, 0.29) is 12.2 Å². The molecule has 0 aliphatic carbocycles. The molecule has 2 aliphatic rings. The van der Waals surface area contributed by atoms with Gasteiger partial charge >= 0.3 is 6.09 Å². The Kier molecular flexibility index (Phi) is 5.56. The molecule has 0 spiro atoms. The molecule has 0 unspecified atom stereocenters. The summed E-state index contributed by atoms with van der Waals surface area (Å²) < 4.78 is 5.73. The highest BCUT2D eigenvalue weighted by Gasteiger charge is 2.27. The Labute approximate surface area is 144 Å². The molecule has 0 aromatic carbocycles. The van der Waals surface area contributed by atoms with Crippen LogP contribution in [0.25, 0.3) is 0 Å². The van der Waals surface area contributed by atoms with Gasteiger partial charge in [0, 0.05) is 64.3 Å². The lowest BCUT2D eigenvalue weighted by Gasteiger charge is -2.38. The molecule has 132 valence electrons. The largest absolute Gasteiger partial charge is 0.446 e. The quantitative estimate of drug-likeness (QED) is 0.849. The normalized spacial score (nSPS) is 20.5. The molecule has 0 saturated carbocycles. The Balaban J connectivity index is 1.42. The minimum Gasteiger partial charge on any atom is -0.446 e. The summed E-state index contributed by atoms with van der Waals surface area (Å²) in [5.74, 6) is 1.01. The second-order valence-electron chi connectivity index (χ2n) is 6.87. The van der Waals surface area contributed by atoms with Crippen molar-refractivity contribution in [3.05, 3.63) is 24.4 Å². The molecule has 1 amide bonds. The Hall–Kier alpha value is -1.82. The number of carbonyl (C=O) groups excluding carboxylic acids is 1. The van der Waals surface area contributed by atoms with Gasteiger partial charge in [-0.05, 0) is 26.0 Å². The van der Waals surface area contributed by atoms with Crippen molar-refractivity contribution in [3.8, 4) is 0 Å². The molecule has 0 atom stereocenters. The van der Waals surface area contributed by atoms with Crippen LogP contribution in [0.3, 0.4) is 0 Å². The number of hydrogen-bond donors (Lipinski definition) is 0. The van der Waals surface area contributed by atoms with E-state index < -0.39 is 0 Å². The van der Waals surface area contributed by atoms with Crippen LogP contribution >= 0.6 is 0 Å². The molecular weight excluding hydrogens is 304 g/mol. The molecule has 1 aromatic heterocycles. The maximum absolute atomic E-state index is 12.4. The van der Waals surface area contributed by atoms with Crippen molar-refractivity contribution in [3.63, 3.8) is 0 Å². The Morgan fingerprint density at radius 1 is 1.12 bits per heavy atom. The summed E-state index contributed by atoms with van der Waals surface area (Å²) in [5, 5.41) is 0. The zero-order valence-electron chi connectivity index (χ0n) is 14.7. The molecule has 3 heterocycles. The first-order valence-electron chi connectivity index (χ1n) is 8.99. The Bertz CT molecular complexity index is 521. The van der Waals surface area contributed by atoms with Crippen LogP contribution in [0, 0.1) is 0 Å². The van der Waals surface area contributed by atoms with E-state index in [9.17, 15) is 4.79 Å². The first-order chi connectivity index (χ1) is 11.6. The second kappa shape index (κ2) is 7.83. The fraction of sp³-hybridized carbons (Fsp3) is 0.667. The summed E-state index contributed by atoms with van der Waals surface area (Å²) in [4.78, 5) is 23.2. The standard InChI is InChI=1S/C18H28N4O2/c1-15(2)20-11-13-22(14-12-20)18(23)24-16-6-9-21(10-7-16)17-5-3-4-8-19-17/h3-5,8,15-16H,6-7,9-14H2,1-2H3. The molecule has 0 bridgehead atoms. The van der Waals surface area contributed by atoms with Crippen LogP contribution in [-0.2, 0) is 4.74 Å². The van der Waals surface area contributed by atoms with Crippen LogP contribution in [0.2, 0.25) is 0 Å². The van der Waals surface area contributed by atoms with Crippen molar-refractivity contribution in [1.82, 2.24) is 14.8 Å². The summed E-state index contributed by atoms with van der Waals surface area (Å²) in [6, 6.07) is 6.50. The number of ether oxygens (including phenoxy) is 1. The lowest BCUT2D eigenvalue weighted by molar-refractivity contribution is 0.0337. The number of piperidine rings is 1. The van der Waals surface area contributed by atoms with Gasteiger partial charge in [0.25, 0.3) is 0 Å². The SMILES string of the molecule is CC(C)N1CCN(C(=O)OC2CCN(c3ccccn3)CC2)CC1. The zero-order chi connectivity index (χ0) is 16.9. The zero-order valence-corrected chi connectivity index (χ0v) is 14.7. The van der Waals surface area contributed by atoms with Crippen LogP contribution < -0.4 is 4.90 Å². The van der Waals surface area contributed by atoms with Gasteiger partial charge in [0.05, 0.1) is 0 Å². The van der Waals surface area contributed by atoms with Gasteiger partial charge in [-0.2, -0.15) is 0 Å². The van der Waals surface area contributed by atoms with Crippen molar-refractivity contribution >= 4 is 11.9 Å². The van der Waals surface area contributed by atoms with E-state index in [2.05, 4.69) is 28.6 Å². The number of nitrogens with zero attached hydrogens (tertiary/aromatic N) is 4. The van der Waals surface area contributed by atoms with Crippen molar-refractivity contribution in [2.75, 3.05) is 44.2 Å². The summed E-state index contributed by atoms with van der Waals surface area (Å²) >= 11 is 0. The minimum atomic E-state index is -0.144. The van der Waals surface area contributed by atoms with E-state index in [1.165, 1.54) is 0 Å². The van der Waals surface area contributed by atoms with Crippen LogP contribution in [0.1, 0.15) is 26.7 Å². The summed E-state index contributed by atoms with van der Waals surface area (Å²) in [5.41, 5.74) is 0. The Morgan fingerprint density at radius 3 is 2.42 bits per heavy atom. The molecule has 6 heteroatoms. The molecule has 2 saturated heterocycles. The number of aromatic nitrogens is 1. The van der Waals surface area contributed by atoms with E-state index >= 15 is 0 Å². The van der Waals surface area contributed by atoms with Crippen molar-refractivity contribution in [1.29, 1.82) is 0 Å². The maximum atomic E-state index is 12.4. The smallest absolute Gasteiger partial charge is 0.410 e. The average molecular weight is 332 g/mol. The van der Waals surface area contributed by atoms with E-state index in [0.29, 0.717) is 6.04 Å². The molecule has 3 rings (SSSR count). The monoisotopic (exact) mass is 332 g/mol. The van der Waals surface area contributed by atoms with Gasteiger partial charge in [0.15, 0.2) is 0 Å². The van der Waals surface area contributed by atoms with E-state index in [4.69, 9.17) is 4.74 Å². The van der Waals surface area contributed by atoms with Crippen molar-refractivity contribution < 1.29 is 9.53 Å². The van der Waals surface area contributed by atoms with Crippen LogP contribution in [0.4, 0.5) is 10.6 Å². The van der Waals surface area contributed by atoms with Crippen molar-refractivity contribution in [2.24, 2.45) is 0 Å². The summed E-state index contributed by atoms with van der Waals surface area (Å²) in [6.45, 7) is 9.57. The van der Waals surface area contributed by atoms with Crippen LogP contribution in [0.15, 0.2) is 24.4 Å². The maximum Gasteiger partial charge on any atom is 0.410 e. The first-order valence-corrected chi connectivity index (χ1v) is 8.99. The predicted molar refractivity (Wildman–Crippen MR) is 94.2 cm³/mol. The first kappa shape index (κ1) is 17.0. The number of carbonyl (C=O) groups is 1. The number of hydrogen-bond acceptors (Lipinski definition) is 5. The third-order valence-corrected chi connectivity index (χ3v) is 4.99. The number of amides is 1. The third kappa shape index (κ3) is 4.17. The van der Waals surface area contributed by atoms with Gasteiger partial charge in [-0.25, -0.2) is 9.78 Å². The molecule has 24 heavy (non-hydrogen) atoms. The summed E-state index contributed by atoms with van der Waals surface area (Å²) in [6.07, 6.45) is 3.44. The highest BCUT2D eigenvalue weighted by Crippen LogP contribution is 2.20. The predicted octanol–water partition coefficient (Wildman–Crippen LogP) is 2.21.